The molecule has 1 aromatic rings. The Kier molecular flexibility index (Phi) is 6.89. The standard InChI is InChI=1S/C15H22N2O.ClH/c1-12-5-4-6-13(11-12)8-10-17-15(18)14-7-2-3-9-16-14;/h4-6,11,14,16H,2-3,7-10H2,1H3,(H,17,18);1H/t14-;/m0./s1. The lowest BCUT2D eigenvalue weighted by Crippen LogP contribution is -2.47. The largest absolute Gasteiger partial charge is 0.354 e. The maximum Gasteiger partial charge on any atom is 0.237 e. The van der Waals surface area contributed by atoms with E-state index in [1.165, 1.54) is 17.5 Å². The number of rotatable bonds is 4. The average molecular weight is 283 g/mol. The Labute approximate surface area is 121 Å². The van der Waals surface area contributed by atoms with Crippen LogP contribution in [-0.2, 0) is 11.2 Å². The van der Waals surface area contributed by atoms with Gasteiger partial charge in [0, 0.05) is 6.54 Å². The molecule has 19 heavy (non-hydrogen) atoms. The molecule has 1 amide bonds. The number of hydrogen-bond acceptors (Lipinski definition) is 2. The van der Waals surface area contributed by atoms with Crippen molar-refractivity contribution in [1.82, 2.24) is 10.6 Å². The number of carbonyl (C=O) groups is 1. The zero-order chi connectivity index (χ0) is 12.8. The smallest absolute Gasteiger partial charge is 0.237 e. The SMILES string of the molecule is Cc1cccc(CCNC(=O)[C@@H]2CCCCN2)c1.Cl. The Morgan fingerprint density at radius 2 is 2.26 bits per heavy atom. The molecule has 0 radical (unpaired) electrons. The molecule has 1 atom stereocenters. The predicted octanol–water partition coefficient (Wildman–Crippen LogP) is 2.22. The number of aryl methyl sites for hydroxylation is 1. The second-order valence-electron chi connectivity index (χ2n) is 5.03. The molecule has 2 N–H and O–H groups in total. The van der Waals surface area contributed by atoms with Gasteiger partial charge >= 0.3 is 0 Å². The molecule has 4 heteroatoms. The normalized spacial score (nSPS) is 18.5. The number of halogens is 1. The van der Waals surface area contributed by atoms with Crippen molar-refractivity contribution in [3.8, 4) is 0 Å². The summed E-state index contributed by atoms with van der Waals surface area (Å²) in [6.45, 7) is 3.78. The first-order valence-corrected chi connectivity index (χ1v) is 6.82. The van der Waals surface area contributed by atoms with E-state index in [1.54, 1.807) is 0 Å². The van der Waals surface area contributed by atoms with Crippen LogP contribution in [0.4, 0.5) is 0 Å². The van der Waals surface area contributed by atoms with E-state index in [0.29, 0.717) is 0 Å². The first kappa shape index (κ1) is 16.0. The summed E-state index contributed by atoms with van der Waals surface area (Å²) >= 11 is 0. The molecule has 0 spiro atoms. The van der Waals surface area contributed by atoms with Crippen molar-refractivity contribution >= 4 is 18.3 Å². The van der Waals surface area contributed by atoms with Crippen LogP contribution >= 0.6 is 12.4 Å². The van der Waals surface area contributed by atoms with Gasteiger partial charge in [0.25, 0.3) is 0 Å². The quantitative estimate of drug-likeness (QED) is 0.889. The van der Waals surface area contributed by atoms with Gasteiger partial charge in [0.2, 0.25) is 5.91 Å². The van der Waals surface area contributed by atoms with Gasteiger partial charge in [-0.15, -0.1) is 12.4 Å². The van der Waals surface area contributed by atoms with Crippen LogP contribution in [0.1, 0.15) is 30.4 Å². The number of amides is 1. The molecule has 1 aliphatic rings. The van der Waals surface area contributed by atoms with Crippen LogP contribution in [0.15, 0.2) is 24.3 Å². The van der Waals surface area contributed by atoms with E-state index in [-0.39, 0.29) is 24.4 Å². The van der Waals surface area contributed by atoms with Crippen LogP contribution < -0.4 is 10.6 Å². The summed E-state index contributed by atoms with van der Waals surface area (Å²) in [5.41, 5.74) is 2.56. The Morgan fingerprint density at radius 1 is 1.42 bits per heavy atom. The number of nitrogens with one attached hydrogen (secondary N) is 2. The molecule has 1 aliphatic heterocycles. The molecule has 1 aromatic carbocycles. The van der Waals surface area contributed by atoms with E-state index < -0.39 is 0 Å². The lowest BCUT2D eigenvalue weighted by atomic mass is 10.0. The summed E-state index contributed by atoms with van der Waals surface area (Å²) in [5.74, 6) is 0.155. The topological polar surface area (TPSA) is 41.1 Å². The third-order valence-corrected chi connectivity index (χ3v) is 3.42. The second-order valence-corrected chi connectivity index (χ2v) is 5.03. The molecule has 0 saturated carbocycles. The van der Waals surface area contributed by atoms with Gasteiger partial charge in [-0.25, -0.2) is 0 Å². The fraction of sp³-hybridized carbons (Fsp3) is 0.533. The van der Waals surface area contributed by atoms with Crippen molar-refractivity contribution in [1.29, 1.82) is 0 Å². The van der Waals surface area contributed by atoms with E-state index in [1.807, 2.05) is 0 Å². The highest BCUT2D eigenvalue weighted by molar-refractivity contribution is 5.85. The summed E-state index contributed by atoms with van der Waals surface area (Å²) in [7, 11) is 0. The molecule has 1 fully saturated rings. The maximum absolute atomic E-state index is 11.9. The highest BCUT2D eigenvalue weighted by Crippen LogP contribution is 2.07. The van der Waals surface area contributed by atoms with Gasteiger partial charge < -0.3 is 10.6 Å². The van der Waals surface area contributed by atoms with Gasteiger partial charge in [-0.05, 0) is 38.3 Å². The van der Waals surface area contributed by atoms with Gasteiger partial charge in [-0.1, -0.05) is 36.2 Å². The van der Waals surface area contributed by atoms with E-state index in [0.717, 1.165) is 32.4 Å². The third kappa shape index (κ3) is 5.21. The summed E-state index contributed by atoms with van der Waals surface area (Å²) in [6.07, 6.45) is 4.21. The second kappa shape index (κ2) is 8.18. The molecule has 0 unspecified atom stereocenters. The van der Waals surface area contributed by atoms with Crippen LogP contribution in [0.25, 0.3) is 0 Å². The van der Waals surface area contributed by atoms with Crippen molar-refractivity contribution in [3.63, 3.8) is 0 Å². The zero-order valence-corrected chi connectivity index (χ0v) is 12.3. The molecule has 1 heterocycles. The van der Waals surface area contributed by atoms with Crippen LogP contribution in [0, 0.1) is 6.92 Å². The van der Waals surface area contributed by atoms with E-state index >= 15 is 0 Å². The van der Waals surface area contributed by atoms with Gasteiger partial charge in [0.1, 0.15) is 0 Å². The minimum atomic E-state index is 0. The zero-order valence-electron chi connectivity index (χ0n) is 11.4. The minimum Gasteiger partial charge on any atom is -0.354 e. The van der Waals surface area contributed by atoms with Crippen LogP contribution in [0.2, 0.25) is 0 Å². The lowest BCUT2D eigenvalue weighted by Gasteiger charge is -2.22. The summed E-state index contributed by atoms with van der Waals surface area (Å²) in [6, 6.07) is 8.46. The molecule has 0 aromatic heterocycles. The van der Waals surface area contributed by atoms with Crippen molar-refractivity contribution in [3.05, 3.63) is 35.4 Å². The molecule has 0 bridgehead atoms. The first-order chi connectivity index (χ1) is 8.75. The molecular formula is C15H23ClN2O. The third-order valence-electron chi connectivity index (χ3n) is 3.42. The van der Waals surface area contributed by atoms with Crippen molar-refractivity contribution < 1.29 is 4.79 Å². The number of hydrogen-bond donors (Lipinski definition) is 2. The predicted molar refractivity (Wildman–Crippen MR) is 80.8 cm³/mol. The fourth-order valence-electron chi connectivity index (χ4n) is 2.40. The van der Waals surface area contributed by atoms with E-state index in [2.05, 4.69) is 41.8 Å². The van der Waals surface area contributed by atoms with Crippen LogP contribution in [0.5, 0.6) is 0 Å². The first-order valence-electron chi connectivity index (χ1n) is 6.82. The molecule has 106 valence electrons. The highest BCUT2D eigenvalue weighted by atomic mass is 35.5. The van der Waals surface area contributed by atoms with E-state index in [9.17, 15) is 4.79 Å². The monoisotopic (exact) mass is 282 g/mol. The van der Waals surface area contributed by atoms with Gasteiger partial charge in [-0.3, -0.25) is 4.79 Å². The van der Waals surface area contributed by atoms with Crippen molar-refractivity contribution in [2.75, 3.05) is 13.1 Å². The van der Waals surface area contributed by atoms with Gasteiger partial charge in [0.15, 0.2) is 0 Å². The Balaban J connectivity index is 0.00000180. The highest BCUT2D eigenvalue weighted by Gasteiger charge is 2.19. The maximum atomic E-state index is 11.9. The molecule has 3 nitrogen and oxygen atoms in total. The van der Waals surface area contributed by atoms with Gasteiger partial charge in [0.05, 0.1) is 6.04 Å². The van der Waals surface area contributed by atoms with Crippen LogP contribution in [-0.4, -0.2) is 25.0 Å². The summed E-state index contributed by atoms with van der Waals surface area (Å²) in [5, 5.41) is 6.28. The number of benzene rings is 1. The van der Waals surface area contributed by atoms with Crippen molar-refractivity contribution in [2.24, 2.45) is 0 Å². The summed E-state index contributed by atoms with van der Waals surface area (Å²) in [4.78, 5) is 11.9. The minimum absolute atomic E-state index is 0. The lowest BCUT2D eigenvalue weighted by molar-refractivity contribution is -0.123. The number of carbonyl (C=O) groups excluding carboxylic acids is 1. The molecule has 0 aliphatic carbocycles. The van der Waals surface area contributed by atoms with Crippen LogP contribution in [0.3, 0.4) is 0 Å². The van der Waals surface area contributed by atoms with Gasteiger partial charge in [-0.2, -0.15) is 0 Å². The molecule has 1 saturated heterocycles. The Morgan fingerprint density at radius 3 is 2.95 bits per heavy atom. The van der Waals surface area contributed by atoms with Crippen molar-refractivity contribution in [2.45, 2.75) is 38.6 Å². The Bertz CT molecular complexity index is 403. The number of piperidine rings is 1. The van der Waals surface area contributed by atoms with E-state index in [4.69, 9.17) is 0 Å². The molecular weight excluding hydrogens is 260 g/mol. The average Bonchev–Trinajstić information content (AvgIpc) is 2.40. The molecule has 2 rings (SSSR count). The Hall–Kier alpha value is -1.06. The summed E-state index contributed by atoms with van der Waals surface area (Å²) < 4.78 is 0. The fourth-order valence-corrected chi connectivity index (χ4v) is 2.40.